The van der Waals surface area contributed by atoms with Crippen LogP contribution in [0.4, 0.5) is 5.82 Å². The van der Waals surface area contributed by atoms with Gasteiger partial charge in [-0.15, -0.1) is 0 Å². The number of hydrogen-bond acceptors (Lipinski definition) is 4. The van der Waals surface area contributed by atoms with Crippen molar-refractivity contribution < 1.29 is 4.79 Å². The van der Waals surface area contributed by atoms with Crippen LogP contribution in [0.5, 0.6) is 0 Å². The van der Waals surface area contributed by atoms with Crippen LogP contribution in [0.15, 0.2) is 23.1 Å². The number of nitrogens with one attached hydrogen (secondary N) is 2. The molecule has 0 bridgehead atoms. The molecule has 6 nitrogen and oxygen atoms in total. The zero-order chi connectivity index (χ0) is 14.7. The molecule has 2 N–H and O–H groups in total. The first-order valence-corrected chi connectivity index (χ1v) is 6.24. The average molecular weight is 272 g/mol. The number of nitrogens with zero attached hydrogens (tertiary/aromatic N) is 2. The first-order valence-electron chi connectivity index (χ1n) is 6.24. The van der Waals surface area contributed by atoms with Crippen LogP contribution in [0.25, 0.3) is 0 Å². The fourth-order valence-corrected chi connectivity index (χ4v) is 1.91. The van der Waals surface area contributed by atoms with Crippen LogP contribution in [-0.4, -0.2) is 20.9 Å². The van der Waals surface area contributed by atoms with Gasteiger partial charge in [0.2, 0.25) is 5.91 Å². The number of aryl methyl sites for hydroxylation is 3. The molecule has 2 aromatic heterocycles. The van der Waals surface area contributed by atoms with Gasteiger partial charge in [-0.05, 0) is 38.5 Å². The molecular weight excluding hydrogens is 256 g/mol. The Kier molecular flexibility index (Phi) is 3.93. The molecule has 0 radical (unpaired) electrons. The van der Waals surface area contributed by atoms with Gasteiger partial charge in [-0.2, -0.15) is 0 Å². The summed E-state index contributed by atoms with van der Waals surface area (Å²) >= 11 is 0. The molecule has 0 fully saturated rings. The van der Waals surface area contributed by atoms with Gasteiger partial charge in [-0.1, -0.05) is 0 Å². The fraction of sp³-hybridized carbons (Fsp3) is 0.286. The maximum atomic E-state index is 12.0. The molecule has 0 saturated heterocycles. The van der Waals surface area contributed by atoms with Crippen LogP contribution in [0.1, 0.15) is 22.6 Å². The van der Waals surface area contributed by atoms with Gasteiger partial charge in [0.1, 0.15) is 11.6 Å². The van der Waals surface area contributed by atoms with Crippen molar-refractivity contribution in [2.45, 2.75) is 27.2 Å². The molecule has 0 aliphatic heterocycles. The highest BCUT2D eigenvalue weighted by molar-refractivity contribution is 5.91. The van der Waals surface area contributed by atoms with Gasteiger partial charge >= 0.3 is 0 Å². The number of carbonyl (C=O) groups excluding carboxylic acids is 1. The van der Waals surface area contributed by atoms with Gasteiger partial charge in [0.15, 0.2) is 0 Å². The van der Waals surface area contributed by atoms with Crippen molar-refractivity contribution in [3.05, 3.63) is 51.3 Å². The smallest absolute Gasteiger partial charge is 0.254 e. The van der Waals surface area contributed by atoms with Crippen LogP contribution in [0, 0.1) is 20.8 Å². The van der Waals surface area contributed by atoms with Crippen LogP contribution in [0.2, 0.25) is 0 Å². The lowest BCUT2D eigenvalue weighted by molar-refractivity contribution is -0.115. The summed E-state index contributed by atoms with van der Waals surface area (Å²) in [5, 5.41) is 2.67. The summed E-state index contributed by atoms with van der Waals surface area (Å²) < 4.78 is 0. The number of hydrogen-bond donors (Lipinski definition) is 2. The molecule has 1 amide bonds. The predicted octanol–water partition coefficient (Wildman–Crippen LogP) is 1.27. The second kappa shape index (κ2) is 5.64. The summed E-state index contributed by atoms with van der Waals surface area (Å²) in [5.41, 5.74) is 1.67. The molecule has 0 saturated carbocycles. The van der Waals surface area contributed by atoms with Crippen molar-refractivity contribution in [3.63, 3.8) is 0 Å². The zero-order valence-corrected chi connectivity index (χ0v) is 11.7. The van der Waals surface area contributed by atoms with Gasteiger partial charge < -0.3 is 10.3 Å². The Bertz CT molecular complexity index is 707. The minimum absolute atomic E-state index is 0.0237. The van der Waals surface area contributed by atoms with E-state index in [4.69, 9.17) is 0 Å². The van der Waals surface area contributed by atoms with E-state index in [1.54, 1.807) is 26.1 Å². The zero-order valence-electron chi connectivity index (χ0n) is 11.7. The van der Waals surface area contributed by atoms with Crippen molar-refractivity contribution in [1.82, 2.24) is 15.0 Å². The number of rotatable bonds is 3. The summed E-state index contributed by atoms with van der Waals surface area (Å²) in [4.78, 5) is 34.6. The topological polar surface area (TPSA) is 87.7 Å². The summed E-state index contributed by atoms with van der Waals surface area (Å²) in [7, 11) is 0. The van der Waals surface area contributed by atoms with Gasteiger partial charge in [-0.3, -0.25) is 9.59 Å². The van der Waals surface area contributed by atoms with E-state index in [0.29, 0.717) is 22.9 Å². The van der Waals surface area contributed by atoms with Crippen molar-refractivity contribution in [2.24, 2.45) is 0 Å². The summed E-state index contributed by atoms with van der Waals surface area (Å²) in [5.74, 6) is 0.725. The maximum absolute atomic E-state index is 12.0. The summed E-state index contributed by atoms with van der Waals surface area (Å²) in [6.45, 7) is 5.33. The first-order chi connectivity index (χ1) is 9.45. The third-order valence-electron chi connectivity index (χ3n) is 2.86. The molecule has 104 valence electrons. The fourth-order valence-electron chi connectivity index (χ4n) is 1.91. The predicted molar refractivity (Wildman–Crippen MR) is 75.6 cm³/mol. The first kappa shape index (κ1) is 13.9. The van der Waals surface area contributed by atoms with E-state index in [9.17, 15) is 9.59 Å². The third kappa shape index (κ3) is 3.28. The average Bonchev–Trinajstić information content (AvgIpc) is 2.33. The molecular formula is C14H16N4O2. The highest BCUT2D eigenvalue weighted by Gasteiger charge is 2.12. The second-order valence-electron chi connectivity index (χ2n) is 4.66. The molecule has 0 spiro atoms. The van der Waals surface area contributed by atoms with E-state index < -0.39 is 0 Å². The molecule has 20 heavy (non-hydrogen) atoms. The Balaban J connectivity index is 2.15. The molecule has 0 aliphatic rings. The lowest BCUT2D eigenvalue weighted by Crippen LogP contribution is -2.24. The van der Waals surface area contributed by atoms with Gasteiger partial charge in [0.25, 0.3) is 5.56 Å². The highest BCUT2D eigenvalue weighted by Crippen LogP contribution is 2.07. The number of anilines is 1. The number of aromatic nitrogens is 3. The number of aromatic amines is 1. The number of carbonyl (C=O) groups is 1. The van der Waals surface area contributed by atoms with Crippen molar-refractivity contribution in [3.8, 4) is 0 Å². The second-order valence-corrected chi connectivity index (χ2v) is 4.66. The van der Waals surface area contributed by atoms with Gasteiger partial charge in [0.05, 0.1) is 6.42 Å². The quantitative estimate of drug-likeness (QED) is 0.880. The molecule has 0 aliphatic carbocycles. The van der Waals surface area contributed by atoms with Gasteiger partial charge in [0, 0.05) is 17.5 Å². The van der Waals surface area contributed by atoms with E-state index in [-0.39, 0.29) is 17.9 Å². The molecule has 0 aromatic carbocycles. The van der Waals surface area contributed by atoms with Gasteiger partial charge in [-0.25, -0.2) is 9.97 Å². The number of amides is 1. The van der Waals surface area contributed by atoms with E-state index in [1.807, 2.05) is 13.0 Å². The minimum atomic E-state index is -0.289. The van der Waals surface area contributed by atoms with E-state index >= 15 is 0 Å². The summed E-state index contributed by atoms with van der Waals surface area (Å²) in [6.07, 6.45) is 1.60. The molecule has 2 aromatic rings. The SMILES string of the molecule is Cc1ccnc(NC(=O)Cc2c(C)nc(C)[nH]c2=O)c1. The van der Waals surface area contributed by atoms with E-state index in [1.165, 1.54) is 0 Å². The molecule has 6 heteroatoms. The molecule has 0 unspecified atom stereocenters. The standard InChI is InChI=1S/C14H16N4O2/c1-8-4-5-15-12(6-8)18-13(19)7-11-9(2)16-10(3)17-14(11)20/h4-6H,7H2,1-3H3,(H,15,18,19)(H,16,17,20). The van der Waals surface area contributed by atoms with Crippen LogP contribution in [-0.2, 0) is 11.2 Å². The lowest BCUT2D eigenvalue weighted by atomic mass is 10.1. The Labute approximate surface area is 116 Å². The van der Waals surface area contributed by atoms with E-state index in [2.05, 4.69) is 20.3 Å². The number of pyridine rings is 1. The monoisotopic (exact) mass is 272 g/mol. The molecule has 0 atom stereocenters. The molecule has 2 rings (SSSR count). The molecule has 2 heterocycles. The van der Waals surface area contributed by atoms with Crippen LogP contribution in [0.3, 0.4) is 0 Å². The largest absolute Gasteiger partial charge is 0.311 e. The maximum Gasteiger partial charge on any atom is 0.254 e. The van der Waals surface area contributed by atoms with Crippen LogP contribution >= 0.6 is 0 Å². The lowest BCUT2D eigenvalue weighted by Gasteiger charge is -2.07. The summed E-state index contributed by atoms with van der Waals surface area (Å²) in [6, 6.07) is 3.61. The highest BCUT2D eigenvalue weighted by atomic mass is 16.2. The Hall–Kier alpha value is -2.50. The van der Waals surface area contributed by atoms with E-state index in [0.717, 1.165) is 5.56 Å². The Morgan fingerprint density at radius 2 is 2.10 bits per heavy atom. The van der Waals surface area contributed by atoms with Crippen molar-refractivity contribution in [2.75, 3.05) is 5.32 Å². The number of H-pyrrole nitrogens is 1. The minimum Gasteiger partial charge on any atom is -0.311 e. The Morgan fingerprint density at radius 3 is 2.75 bits per heavy atom. The van der Waals surface area contributed by atoms with Crippen molar-refractivity contribution in [1.29, 1.82) is 0 Å². The Morgan fingerprint density at radius 1 is 1.35 bits per heavy atom. The van der Waals surface area contributed by atoms with Crippen molar-refractivity contribution >= 4 is 11.7 Å². The normalized spacial score (nSPS) is 10.3. The van der Waals surface area contributed by atoms with Crippen LogP contribution < -0.4 is 10.9 Å². The third-order valence-corrected chi connectivity index (χ3v) is 2.86.